The van der Waals surface area contributed by atoms with Crippen LogP contribution in [-0.4, -0.2) is 62.6 Å². The molecule has 254 valence electrons. The third kappa shape index (κ3) is 22.8. The molecule has 2 aromatic heterocycles. The lowest BCUT2D eigenvalue weighted by atomic mass is 10.2. The summed E-state index contributed by atoms with van der Waals surface area (Å²) in [6, 6.07) is 8.61. The topological polar surface area (TPSA) is 198 Å². The second-order valence-electron chi connectivity index (χ2n) is 8.60. The summed E-state index contributed by atoms with van der Waals surface area (Å²) in [6.07, 6.45) is 3.52. The average Bonchev–Trinajstić information content (AvgIpc) is 3.00. The number of hydrogen-bond donors (Lipinski definition) is 6. The van der Waals surface area contributed by atoms with Gasteiger partial charge < -0.3 is 25.3 Å². The number of aryl methyl sites for hydroxylation is 1. The Morgan fingerprint density at radius 3 is 1.96 bits per heavy atom. The first-order valence-corrected chi connectivity index (χ1v) is 17.1. The summed E-state index contributed by atoms with van der Waals surface area (Å²) in [5.41, 5.74) is 0.248. The van der Waals surface area contributed by atoms with Crippen LogP contribution in [0, 0.1) is 47.2 Å². The second kappa shape index (κ2) is 25.8. The van der Waals surface area contributed by atoms with Crippen LogP contribution < -0.4 is 11.1 Å². The zero-order valence-corrected chi connectivity index (χ0v) is 29.1. The van der Waals surface area contributed by atoms with Crippen LogP contribution in [-0.2, 0) is 14.3 Å². The lowest BCUT2D eigenvalue weighted by Crippen LogP contribution is -2.07. The fraction of sp³-hybridized carbons (Fsp3) is 0.375. The Labute approximate surface area is 284 Å². The number of aromatic amines is 3. The Morgan fingerprint density at radius 2 is 1.43 bits per heavy atom. The number of aromatic nitrogens is 4. The first-order chi connectivity index (χ1) is 22.4. The van der Waals surface area contributed by atoms with Crippen LogP contribution in [0.4, 0.5) is 0 Å². The highest BCUT2D eigenvalue weighted by atomic mass is 32.2. The van der Waals surface area contributed by atoms with E-state index in [9.17, 15) is 18.0 Å². The van der Waals surface area contributed by atoms with Crippen LogP contribution in [0.25, 0.3) is 0 Å². The van der Waals surface area contributed by atoms with E-state index in [0.717, 1.165) is 37.0 Å². The molecule has 0 atom stereocenters. The van der Waals surface area contributed by atoms with Crippen LogP contribution in [0.15, 0.2) is 56.0 Å². The Balaban J connectivity index is 0.000000634. The maximum absolute atomic E-state index is 11.7. The van der Waals surface area contributed by atoms with Crippen molar-refractivity contribution in [3.63, 3.8) is 0 Å². The number of aliphatic hydroxyl groups excluding tert-OH is 1. The number of rotatable bonds is 7. The number of H-pyrrole nitrogens is 3. The molecule has 0 fully saturated rings. The highest BCUT2D eigenvalue weighted by Gasteiger charge is 2.13. The molecule has 0 spiro atoms. The number of aromatic hydroxyl groups is 2. The van der Waals surface area contributed by atoms with Gasteiger partial charge in [-0.3, -0.25) is 18.8 Å². The molecule has 2 heterocycles. The minimum Gasteiger partial charge on any atom is -0.494 e. The van der Waals surface area contributed by atoms with Crippen LogP contribution in [0.3, 0.4) is 0 Å². The monoisotopic (exact) mass is 704 g/mol. The van der Waals surface area contributed by atoms with Crippen LogP contribution in [0.5, 0.6) is 11.8 Å². The van der Waals surface area contributed by atoms with Gasteiger partial charge in [-0.05, 0) is 31.3 Å². The number of benzene rings is 1. The zero-order chi connectivity index (χ0) is 35.5. The Morgan fingerprint density at radius 1 is 0.851 bits per heavy atom. The third-order valence-corrected chi connectivity index (χ3v) is 6.94. The van der Waals surface area contributed by atoms with E-state index in [0.29, 0.717) is 23.8 Å². The van der Waals surface area contributed by atoms with E-state index in [1.807, 2.05) is 27.7 Å². The van der Waals surface area contributed by atoms with Crippen LogP contribution >= 0.6 is 24.0 Å². The highest BCUT2D eigenvalue weighted by Crippen LogP contribution is 2.13. The number of nitrogens with zero attached hydrogens (tertiary/aromatic N) is 1. The molecule has 0 radical (unpaired) electrons. The van der Waals surface area contributed by atoms with E-state index in [1.54, 1.807) is 24.3 Å². The lowest BCUT2D eigenvalue weighted by molar-refractivity contribution is 0.305. The Bertz CT molecular complexity index is 1790. The molecule has 0 aliphatic rings. The van der Waals surface area contributed by atoms with Crippen molar-refractivity contribution in [3.05, 3.63) is 67.4 Å². The van der Waals surface area contributed by atoms with Crippen molar-refractivity contribution < 1.29 is 27.9 Å². The summed E-state index contributed by atoms with van der Waals surface area (Å²) >= 11 is 5.80. The zero-order valence-electron chi connectivity index (χ0n) is 26.7. The lowest BCUT2D eigenvalue weighted by Gasteiger charge is -2.04. The van der Waals surface area contributed by atoms with Gasteiger partial charge in [-0.25, -0.2) is 0 Å². The summed E-state index contributed by atoms with van der Waals surface area (Å²) in [5.74, 6) is 17.2. The van der Waals surface area contributed by atoms with Gasteiger partial charge in [0.15, 0.2) is 15.8 Å². The van der Waals surface area contributed by atoms with Gasteiger partial charge in [0.25, 0.3) is 21.2 Å². The maximum atomic E-state index is 11.7. The minimum atomic E-state index is -3.63. The second-order valence-corrected chi connectivity index (χ2v) is 11.6. The largest absolute Gasteiger partial charge is 0.494 e. The van der Waals surface area contributed by atoms with Crippen molar-refractivity contribution in [1.82, 2.24) is 19.9 Å². The molecule has 3 rings (SSSR count). The van der Waals surface area contributed by atoms with Crippen molar-refractivity contribution in [3.8, 4) is 47.3 Å². The summed E-state index contributed by atoms with van der Waals surface area (Å²) in [5, 5.41) is 26.2. The molecular formula is C32H40N4O8S3. The first kappa shape index (κ1) is 42.7. The standard InChI is InChI=1S/C13H16O3S.C9H10N2O2S.C6H10O.C4H4N2O2S/c1-3-4-5-6-11-16-17(14,15)13-9-7-12(2)8-10-13;1-2-3-4-5-14-9-10-7(12)6-8(13)11-9;1-2-3-4-5-6-7;7-2-1-3(8)6-4(9)5-2/h7-10H,3,6,11H2,1-2H3;6H,2,5H2,1H3,(H2,10,11,12,13);7H,2,5-6H2,1H3;1H,(H3,5,6,7,8,9). The average molecular weight is 705 g/mol. The third-order valence-electron chi connectivity index (χ3n) is 4.65. The molecule has 0 bridgehead atoms. The smallest absolute Gasteiger partial charge is 0.297 e. The van der Waals surface area contributed by atoms with E-state index in [1.165, 1.54) is 11.8 Å². The molecule has 1 aromatic carbocycles. The Kier molecular flexibility index (Phi) is 23.5. The molecule has 0 saturated heterocycles. The number of aliphatic hydroxyl groups is 1. The fourth-order valence-electron chi connectivity index (χ4n) is 2.69. The highest BCUT2D eigenvalue weighted by molar-refractivity contribution is 7.99. The molecular weight excluding hydrogens is 665 g/mol. The van der Waals surface area contributed by atoms with Gasteiger partial charge >= 0.3 is 0 Å². The molecule has 15 heteroatoms. The molecule has 3 aromatic rings. The van der Waals surface area contributed by atoms with Gasteiger partial charge in [-0.1, -0.05) is 56.1 Å². The molecule has 6 N–H and O–H groups in total. The predicted molar refractivity (Wildman–Crippen MR) is 186 cm³/mol. The molecule has 0 saturated carbocycles. The SMILES string of the molecule is CCC#CCCO.CCC#CCCOS(=O)(=O)c1ccc(C)cc1.CCC#CCSc1nc(O)cc(=O)[nH]1.O=c1cc(O)[nH]c(=S)[nH]1. The van der Waals surface area contributed by atoms with Gasteiger partial charge in [-0.15, -0.1) is 29.6 Å². The van der Waals surface area contributed by atoms with Gasteiger partial charge in [0, 0.05) is 32.1 Å². The number of nitrogens with one attached hydrogen (secondary N) is 3. The van der Waals surface area contributed by atoms with Gasteiger partial charge in [-0.2, -0.15) is 13.4 Å². The molecule has 47 heavy (non-hydrogen) atoms. The van der Waals surface area contributed by atoms with E-state index in [4.69, 9.17) is 19.5 Å². The summed E-state index contributed by atoms with van der Waals surface area (Å²) in [6.45, 7) is 8.08. The van der Waals surface area contributed by atoms with Crippen molar-refractivity contribution in [2.45, 2.75) is 69.9 Å². The first-order valence-electron chi connectivity index (χ1n) is 14.3. The quantitative estimate of drug-likeness (QED) is 0.0509. The van der Waals surface area contributed by atoms with Gasteiger partial charge in [0.2, 0.25) is 5.88 Å². The number of hydrogen-bond acceptors (Lipinski definition) is 11. The van der Waals surface area contributed by atoms with E-state index < -0.39 is 15.7 Å². The normalized spacial score (nSPS) is 9.47. The van der Waals surface area contributed by atoms with E-state index in [-0.39, 0.29) is 40.2 Å². The van der Waals surface area contributed by atoms with E-state index >= 15 is 0 Å². The predicted octanol–water partition coefficient (Wildman–Crippen LogP) is 4.41. The molecule has 12 nitrogen and oxygen atoms in total. The van der Waals surface area contributed by atoms with Crippen LogP contribution in [0.2, 0.25) is 0 Å². The van der Waals surface area contributed by atoms with Crippen molar-refractivity contribution >= 4 is 34.1 Å². The minimum absolute atomic E-state index is 0.100. The molecule has 0 unspecified atom stereocenters. The van der Waals surface area contributed by atoms with Crippen molar-refractivity contribution in [2.75, 3.05) is 19.0 Å². The molecule has 0 aliphatic heterocycles. The van der Waals surface area contributed by atoms with Crippen LogP contribution in [0.1, 0.15) is 58.4 Å². The summed E-state index contributed by atoms with van der Waals surface area (Å²) in [4.78, 5) is 32.3. The Hall–Kier alpha value is -4.30. The fourth-order valence-corrected chi connectivity index (χ4v) is 4.44. The van der Waals surface area contributed by atoms with E-state index in [2.05, 4.69) is 67.7 Å². The van der Waals surface area contributed by atoms with Gasteiger partial charge in [0.05, 0.1) is 36.0 Å². The number of thioether (sulfide) groups is 1. The summed E-state index contributed by atoms with van der Waals surface area (Å²) < 4.78 is 28.4. The molecule has 0 amide bonds. The van der Waals surface area contributed by atoms with Gasteiger partial charge in [0.1, 0.15) is 0 Å². The van der Waals surface area contributed by atoms with Crippen molar-refractivity contribution in [1.29, 1.82) is 0 Å². The van der Waals surface area contributed by atoms with Crippen molar-refractivity contribution in [2.24, 2.45) is 0 Å². The summed E-state index contributed by atoms with van der Waals surface area (Å²) in [7, 11) is -3.63. The molecule has 0 aliphatic carbocycles. The maximum Gasteiger partial charge on any atom is 0.297 e.